The van der Waals surface area contributed by atoms with Gasteiger partial charge in [0.05, 0.1) is 24.5 Å². The van der Waals surface area contributed by atoms with Crippen LogP contribution in [0, 0.1) is 0 Å². The summed E-state index contributed by atoms with van der Waals surface area (Å²) >= 11 is 1.11. The zero-order chi connectivity index (χ0) is 13.8. The summed E-state index contributed by atoms with van der Waals surface area (Å²) in [7, 11) is -3.35. The van der Waals surface area contributed by atoms with Crippen molar-refractivity contribution < 1.29 is 18.3 Å². The van der Waals surface area contributed by atoms with Gasteiger partial charge in [0.15, 0.2) is 5.13 Å². The van der Waals surface area contributed by atoms with Gasteiger partial charge in [-0.15, -0.1) is 11.3 Å². The summed E-state index contributed by atoms with van der Waals surface area (Å²) < 4.78 is 24.1. The first-order chi connectivity index (χ1) is 8.26. The van der Waals surface area contributed by atoms with Crippen LogP contribution in [0.1, 0.15) is 12.6 Å². The first-order valence-electron chi connectivity index (χ1n) is 5.13. The molecule has 0 fully saturated rings. The summed E-state index contributed by atoms with van der Waals surface area (Å²) in [4.78, 5) is 15.4. The lowest BCUT2D eigenvalue weighted by Crippen LogP contribution is -2.31. The minimum atomic E-state index is -3.35. The number of hydrogen-bond acceptors (Lipinski definition) is 6. The van der Waals surface area contributed by atoms with Crippen LogP contribution in [0.5, 0.6) is 0 Å². The molecule has 0 radical (unpaired) electrons. The molecule has 1 aromatic rings. The average molecular weight is 293 g/mol. The standard InChI is InChI=1S/C9H15N3O4S2/c1-6(13)4-10-8(14)3-7-5-17-9(11-7)12-18(2,15)16/h5-6,13H,3-4H2,1-2H3,(H,10,14)(H,11,12). The fourth-order valence-electron chi connectivity index (χ4n) is 1.08. The summed E-state index contributed by atoms with van der Waals surface area (Å²) in [5.74, 6) is -0.271. The van der Waals surface area contributed by atoms with Crippen LogP contribution < -0.4 is 10.0 Å². The highest BCUT2D eigenvalue weighted by atomic mass is 32.2. The number of amides is 1. The van der Waals surface area contributed by atoms with E-state index in [1.165, 1.54) is 0 Å². The van der Waals surface area contributed by atoms with Crippen LogP contribution in [-0.4, -0.2) is 43.3 Å². The van der Waals surface area contributed by atoms with Crippen molar-refractivity contribution in [3.05, 3.63) is 11.1 Å². The monoisotopic (exact) mass is 293 g/mol. The number of aliphatic hydroxyl groups excluding tert-OH is 1. The maximum atomic E-state index is 11.4. The number of nitrogens with zero attached hydrogens (tertiary/aromatic N) is 1. The normalized spacial score (nSPS) is 13.1. The zero-order valence-corrected chi connectivity index (χ0v) is 11.6. The van der Waals surface area contributed by atoms with Crippen molar-refractivity contribution in [3.8, 4) is 0 Å². The van der Waals surface area contributed by atoms with E-state index in [-0.39, 0.29) is 24.0 Å². The molecule has 7 nitrogen and oxygen atoms in total. The lowest BCUT2D eigenvalue weighted by atomic mass is 10.3. The molecule has 0 saturated carbocycles. The molecule has 1 unspecified atom stereocenters. The Kier molecular flexibility index (Phi) is 5.05. The Labute approximate surface area is 109 Å². The third-order valence-electron chi connectivity index (χ3n) is 1.76. The first kappa shape index (κ1) is 14.9. The third kappa shape index (κ3) is 5.94. The predicted octanol–water partition coefficient (Wildman–Crippen LogP) is -0.446. The van der Waals surface area contributed by atoms with Crippen molar-refractivity contribution >= 4 is 32.4 Å². The Morgan fingerprint density at radius 2 is 2.28 bits per heavy atom. The second kappa shape index (κ2) is 6.12. The number of sulfonamides is 1. The van der Waals surface area contributed by atoms with E-state index in [1.54, 1.807) is 12.3 Å². The van der Waals surface area contributed by atoms with Crippen LogP contribution in [0.4, 0.5) is 5.13 Å². The minimum absolute atomic E-state index is 0.0503. The fraction of sp³-hybridized carbons (Fsp3) is 0.556. The Bertz CT molecular complexity index is 510. The largest absolute Gasteiger partial charge is 0.392 e. The summed E-state index contributed by atoms with van der Waals surface area (Å²) in [5, 5.41) is 13.4. The maximum absolute atomic E-state index is 11.4. The predicted molar refractivity (Wildman–Crippen MR) is 69.0 cm³/mol. The van der Waals surface area contributed by atoms with E-state index in [0.717, 1.165) is 17.6 Å². The molecule has 0 saturated heterocycles. The van der Waals surface area contributed by atoms with Gasteiger partial charge < -0.3 is 10.4 Å². The molecule has 1 amide bonds. The first-order valence-corrected chi connectivity index (χ1v) is 7.90. The lowest BCUT2D eigenvalue weighted by Gasteiger charge is -2.05. The van der Waals surface area contributed by atoms with E-state index in [9.17, 15) is 13.2 Å². The van der Waals surface area contributed by atoms with Gasteiger partial charge in [0.25, 0.3) is 0 Å². The number of carbonyl (C=O) groups is 1. The van der Waals surface area contributed by atoms with Gasteiger partial charge in [-0.2, -0.15) is 0 Å². The molecule has 0 bridgehead atoms. The number of aromatic nitrogens is 1. The Hall–Kier alpha value is -1.19. The zero-order valence-electron chi connectivity index (χ0n) is 10.0. The highest BCUT2D eigenvalue weighted by molar-refractivity contribution is 7.92. The topological polar surface area (TPSA) is 108 Å². The number of nitrogens with one attached hydrogen (secondary N) is 2. The summed E-state index contributed by atoms with van der Waals surface area (Å²) in [6.07, 6.45) is 0.477. The van der Waals surface area contributed by atoms with Gasteiger partial charge in [-0.3, -0.25) is 9.52 Å². The highest BCUT2D eigenvalue weighted by Gasteiger charge is 2.10. The second-order valence-corrected chi connectivity index (χ2v) is 6.45. The molecule has 1 heterocycles. The molecule has 0 aromatic carbocycles. The Morgan fingerprint density at radius 1 is 1.61 bits per heavy atom. The van der Waals surface area contributed by atoms with Crippen molar-refractivity contribution in [2.45, 2.75) is 19.4 Å². The Morgan fingerprint density at radius 3 is 2.83 bits per heavy atom. The van der Waals surface area contributed by atoms with Crippen molar-refractivity contribution in [2.24, 2.45) is 0 Å². The maximum Gasteiger partial charge on any atom is 0.231 e. The average Bonchev–Trinajstić information content (AvgIpc) is 2.59. The molecule has 0 aliphatic carbocycles. The van der Waals surface area contributed by atoms with E-state index >= 15 is 0 Å². The van der Waals surface area contributed by atoms with E-state index in [0.29, 0.717) is 5.69 Å². The fourth-order valence-corrected chi connectivity index (χ4v) is 2.65. The SMILES string of the molecule is CC(O)CNC(=O)Cc1csc(NS(C)(=O)=O)n1. The molecular weight excluding hydrogens is 278 g/mol. The van der Waals surface area contributed by atoms with Gasteiger partial charge in [-0.1, -0.05) is 0 Å². The summed E-state index contributed by atoms with van der Waals surface area (Å²) in [5.41, 5.74) is 0.481. The molecule has 18 heavy (non-hydrogen) atoms. The quantitative estimate of drug-likeness (QED) is 0.658. The third-order valence-corrected chi connectivity index (χ3v) is 3.26. The molecule has 0 aliphatic rings. The molecule has 102 valence electrons. The van der Waals surface area contributed by atoms with E-state index < -0.39 is 16.1 Å². The van der Waals surface area contributed by atoms with Crippen molar-refractivity contribution in [3.63, 3.8) is 0 Å². The van der Waals surface area contributed by atoms with Gasteiger partial charge in [-0.25, -0.2) is 13.4 Å². The number of hydrogen-bond donors (Lipinski definition) is 3. The van der Waals surface area contributed by atoms with Gasteiger partial charge in [0, 0.05) is 11.9 Å². The molecule has 0 spiro atoms. The molecule has 1 atom stereocenters. The van der Waals surface area contributed by atoms with E-state index in [4.69, 9.17) is 5.11 Å². The number of carbonyl (C=O) groups excluding carboxylic acids is 1. The van der Waals surface area contributed by atoms with Crippen molar-refractivity contribution in [2.75, 3.05) is 17.5 Å². The molecule has 3 N–H and O–H groups in total. The highest BCUT2D eigenvalue weighted by Crippen LogP contribution is 2.16. The number of aliphatic hydroxyl groups is 1. The van der Waals surface area contributed by atoms with Crippen LogP contribution in [0.2, 0.25) is 0 Å². The number of rotatable bonds is 6. The van der Waals surface area contributed by atoms with Crippen molar-refractivity contribution in [1.29, 1.82) is 0 Å². The number of anilines is 1. The smallest absolute Gasteiger partial charge is 0.231 e. The lowest BCUT2D eigenvalue weighted by molar-refractivity contribution is -0.120. The van der Waals surface area contributed by atoms with Gasteiger partial charge in [-0.05, 0) is 6.92 Å². The second-order valence-electron chi connectivity index (χ2n) is 3.85. The molecule has 1 rings (SSSR count). The summed E-state index contributed by atoms with van der Waals surface area (Å²) in [6.45, 7) is 1.74. The van der Waals surface area contributed by atoms with Crippen LogP contribution in [-0.2, 0) is 21.2 Å². The molecule has 9 heteroatoms. The van der Waals surface area contributed by atoms with Gasteiger partial charge >= 0.3 is 0 Å². The van der Waals surface area contributed by atoms with E-state index in [1.807, 2.05) is 0 Å². The molecule has 0 aliphatic heterocycles. The van der Waals surface area contributed by atoms with Crippen LogP contribution in [0.15, 0.2) is 5.38 Å². The van der Waals surface area contributed by atoms with Crippen molar-refractivity contribution in [1.82, 2.24) is 10.3 Å². The van der Waals surface area contributed by atoms with Gasteiger partial charge in [0.2, 0.25) is 15.9 Å². The molecular formula is C9H15N3O4S2. The summed E-state index contributed by atoms with van der Waals surface area (Å²) in [6, 6.07) is 0. The Balaban J connectivity index is 2.51. The minimum Gasteiger partial charge on any atom is -0.392 e. The van der Waals surface area contributed by atoms with Crippen LogP contribution in [0.25, 0.3) is 0 Å². The molecule has 1 aromatic heterocycles. The van der Waals surface area contributed by atoms with Crippen LogP contribution in [0.3, 0.4) is 0 Å². The number of thiazole rings is 1. The van der Waals surface area contributed by atoms with Crippen LogP contribution >= 0.6 is 11.3 Å². The van der Waals surface area contributed by atoms with E-state index in [2.05, 4.69) is 15.0 Å². The van der Waals surface area contributed by atoms with Gasteiger partial charge in [0.1, 0.15) is 0 Å².